The molecule has 106 valence electrons. The number of hydrogen-bond donors (Lipinski definition) is 1. The second-order valence-corrected chi connectivity index (χ2v) is 6.85. The molecule has 1 aliphatic carbocycles. The Labute approximate surface area is 125 Å². The van der Waals surface area contributed by atoms with Crippen LogP contribution in [-0.2, 0) is 6.42 Å². The maximum Gasteiger partial charge on any atom is 0.0948 e. The van der Waals surface area contributed by atoms with Gasteiger partial charge in [0.25, 0.3) is 0 Å². The van der Waals surface area contributed by atoms with Crippen LogP contribution >= 0.6 is 11.3 Å². The average molecular weight is 286 g/mol. The van der Waals surface area contributed by atoms with Gasteiger partial charge in [-0.25, -0.2) is 4.98 Å². The van der Waals surface area contributed by atoms with Crippen LogP contribution in [-0.4, -0.2) is 17.6 Å². The third-order valence-corrected chi connectivity index (χ3v) is 5.05. The second-order valence-electron chi connectivity index (χ2n) is 5.56. The number of thiazole rings is 1. The number of benzene rings is 1. The summed E-state index contributed by atoms with van der Waals surface area (Å²) in [4.78, 5) is 6.15. The van der Waals surface area contributed by atoms with E-state index in [0.29, 0.717) is 0 Å². The maximum atomic E-state index is 4.82. The van der Waals surface area contributed by atoms with Crippen molar-refractivity contribution in [3.8, 4) is 11.3 Å². The zero-order valence-electron chi connectivity index (χ0n) is 12.1. The van der Waals surface area contributed by atoms with Crippen molar-refractivity contribution in [1.29, 1.82) is 0 Å². The lowest BCUT2D eigenvalue weighted by Crippen LogP contribution is -2.27. The maximum absolute atomic E-state index is 4.82. The quantitative estimate of drug-likeness (QED) is 0.891. The summed E-state index contributed by atoms with van der Waals surface area (Å²) in [6.07, 6.45) is 6.55. The lowest BCUT2D eigenvalue weighted by molar-refractivity contribution is 0.527. The van der Waals surface area contributed by atoms with Crippen LogP contribution in [0.25, 0.3) is 11.3 Å². The van der Waals surface area contributed by atoms with Crippen LogP contribution in [0.1, 0.15) is 35.6 Å². The van der Waals surface area contributed by atoms with E-state index in [4.69, 9.17) is 4.98 Å². The van der Waals surface area contributed by atoms with E-state index in [-0.39, 0.29) is 0 Å². The van der Waals surface area contributed by atoms with Gasteiger partial charge in [0.05, 0.1) is 10.7 Å². The minimum Gasteiger partial charge on any atom is -0.314 e. The van der Waals surface area contributed by atoms with E-state index in [1.165, 1.54) is 41.1 Å². The van der Waals surface area contributed by atoms with Crippen molar-refractivity contribution in [3.05, 3.63) is 40.2 Å². The van der Waals surface area contributed by atoms with Gasteiger partial charge in [0.2, 0.25) is 0 Å². The van der Waals surface area contributed by atoms with Gasteiger partial charge >= 0.3 is 0 Å². The van der Waals surface area contributed by atoms with Crippen molar-refractivity contribution < 1.29 is 0 Å². The average Bonchev–Trinajstić information content (AvgIpc) is 3.10. The minimum atomic E-state index is 0.754. The van der Waals surface area contributed by atoms with Crippen LogP contribution < -0.4 is 5.32 Å². The van der Waals surface area contributed by atoms with Crippen molar-refractivity contribution in [1.82, 2.24) is 10.3 Å². The van der Waals surface area contributed by atoms with Gasteiger partial charge < -0.3 is 5.32 Å². The lowest BCUT2D eigenvalue weighted by Gasteiger charge is -2.10. The van der Waals surface area contributed by atoms with Crippen LogP contribution in [0.15, 0.2) is 30.3 Å². The normalized spacial score (nSPS) is 15.8. The molecule has 1 aromatic heterocycles. The predicted molar refractivity (Wildman–Crippen MR) is 86.2 cm³/mol. The van der Waals surface area contributed by atoms with E-state index in [1.54, 1.807) is 0 Å². The van der Waals surface area contributed by atoms with Crippen LogP contribution in [0, 0.1) is 6.92 Å². The van der Waals surface area contributed by atoms with Gasteiger partial charge in [-0.1, -0.05) is 43.2 Å². The van der Waals surface area contributed by atoms with Crippen molar-refractivity contribution >= 4 is 11.3 Å². The molecule has 1 fully saturated rings. The van der Waals surface area contributed by atoms with E-state index in [0.717, 1.165) is 24.7 Å². The molecule has 1 saturated carbocycles. The fraction of sp³-hybridized carbons (Fsp3) is 0.471. The van der Waals surface area contributed by atoms with E-state index in [9.17, 15) is 0 Å². The van der Waals surface area contributed by atoms with Crippen molar-refractivity contribution in [2.75, 3.05) is 6.54 Å². The zero-order chi connectivity index (χ0) is 13.8. The smallest absolute Gasteiger partial charge is 0.0948 e. The molecular formula is C17H22N2S. The summed E-state index contributed by atoms with van der Waals surface area (Å²) in [5.74, 6) is 0. The first kappa shape index (κ1) is 13.8. The standard InChI is InChI=1S/C17H22N2S/c1-13-17(14-7-3-2-4-8-14)19-16(20-13)11-12-18-15-9-5-6-10-15/h2-4,7-8,15,18H,5-6,9-12H2,1H3. The Balaban J connectivity index is 1.60. The summed E-state index contributed by atoms with van der Waals surface area (Å²) in [6, 6.07) is 11.2. The summed E-state index contributed by atoms with van der Waals surface area (Å²) in [7, 11) is 0. The molecule has 1 aliphatic rings. The molecule has 3 rings (SSSR count). The molecule has 0 atom stereocenters. The van der Waals surface area contributed by atoms with E-state index < -0.39 is 0 Å². The highest BCUT2D eigenvalue weighted by Gasteiger charge is 2.14. The molecule has 0 radical (unpaired) electrons. The Morgan fingerprint density at radius 1 is 1.20 bits per heavy atom. The number of aromatic nitrogens is 1. The first-order chi connectivity index (χ1) is 9.83. The highest BCUT2D eigenvalue weighted by molar-refractivity contribution is 7.12. The Kier molecular flexibility index (Phi) is 4.48. The van der Waals surface area contributed by atoms with Gasteiger partial charge in [-0.05, 0) is 19.8 Å². The SMILES string of the molecule is Cc1sc(CCNC2CCCC2)nc1-c1ccccc1. The number of nitrogens with zero attached hydrogens (tertiary/aromatic N) is 1. The van der Waals surface area contributed by atoms with E-state index >= 15 is 0 Å². The van der Waals surface area contributed by atoms with Crippen molar-refractivity contribution in [2.24, 2.45) is 0 Å². The Hall–Kier alpha value is -1.19. The van der Waals surface area contributed by atoms with Crippen molar-refractivity contribution in [3.63, 3.8) is 0 Å². The first-order valence-corrected chi connectivity index (χ1v) is 8.39. The van der Waals surface area contributed by atoms with Crippen LogP contribution in [0.5, 0.6) is 0 Å². The van der Waals surface area contributed by atoms with Crippen molar-refractivity contribution in [2.45, 2.75) is 45.1 Å². The molecule has 0 bridgehead atoms. The predicted octanol–water partition coefficient (Wildman–Crippen LogP) is 4.19. The molecule has 0 saturated heterocycles. The zero-order valence-corrected chi connectivity index (χ0v) is 12.9. The summed E-state index contributed by atoms with van der Waals surface area (Å²) in [5, 5.41) is 4.92. The topological polar surface area (TPSA) is 24.9 Å². The van der Waals surface area contributed by atoms with E-state index in [1.807, 2.05) is 11.3 Å². The lowest BCUT2D eigenvalue weighted by atomic mass is 10.1. The molecule has 20 heavy (non-hydrogen) atoms. The third-order valence-electron chi connectivity index (χ3n) is 4.02. The summed E-state index contributed by atoms with van der Waals surface area (Å²) >= 11 is 1.84. The fourth-order valence-corrected chi connectivity index (χ4v) is 3.89. The molecule has 2 aromatic rings. The summed E-state index contributed by atoms with van der Waals surface area (Å²) < 4.78 is 0. The molecule has 0 aliphatic heterocycles. The van der Waals surface area contributed by atoms with Crippen LogP contribution in [0.2, 0.25) is 0 Å². The number of hydrogen-bond acceptors (Lipinski definition) is 3. The van der Waals surface area contributed by atoms with E-state index in [2.05, 4.69) is 42.6 Å². The molecular weight excluding hydrogens is 264 g/mol. The summed E-state index contributed by atoms with van der Waals surface area (Å²) in [5.41, 5.74) is 2.39. The number of aryl methyl sites for hydroxylation is 1. The molecule has 0 unspecified atom stereocenters. The largest absolute Gasteiger partial charge is 0.314 e. The minimum absolute atomic E-state index is 0.754. The molecule has 1 N–H and O–H groups in total. The van der Waals surface area contributed by atoms with Gasteiger partial charge in [0.1, 0.15) is 0 Å². The van der Waals surface area contributed by atoms with Gasteiger partial charge in [-0.2, -0.15) is 0 Å². The molecule has 1 aromatic carbocycles. The van der Waals surface area contributed by atoms with Gasteiger partial charge in [0.15, 0.2) is 0 Å². The Bertz CT molecular complexity index is 541. The highest BCUT2D eigenvalue weighted by atomic mass is 32.1. The fourth-order valence-electron chi connectivity index (χ4n) is 2.94. The molecule has 2 nitrogen and oxygen atoms in total. The molecule has 1 heterocycles. The Morgan fingerprint density at radius 3 is 2.70 bits per heavy atom. The second kappa shape index (κ2) is 6.51. The first-order valence-electron chi connectivity index (χ1n) is 7.58. The molecule has 3 heteroatoms. The van der Waals surface area contributed by atoms with Crippen LogP contribution in [0.4, 0.5) is 0 Å². The highest BCUT2D eigenvalue weighted by Crippen LogP contribution is 2.27. The molecule has 0 amide bonds. The van der Waals surface area contributed by atoms with Gasteiger partial charge in [-0.15, -0.1) is 11.3 Å². The van der Waals surface area contributed by atoms with Gasteiger partial charge in [-0.3, -0.25) is 0 Å². The summed E-state index contributed by atoms with van der Waals surface area (Å²) in [6.45, 7) is 3.24. The Morgan fingerprint density at radius 2 is 1.95 bits per heavy atom. The third kappa shape index (κ3) is 3.28. The monoisotopic (exact) mass is 286 g/mol. The van der Waals surface area contributed by atoms with Crippen LogP contribution in [0.3, 0.4) is 0 Å². The number of nitrogens with one attached hydrogen (secondary N) is 1. The molecule has 0 spiro atoms. The van der Waals surface area contributed by atoms with Gasteiger partial charge in [0, 0.05) is 29.4 Å². The number of rotatable bonds is 5.